The summed E-state index contributed by atoms with van der Waals surface area (Å²) in [6, 6.07) is 0. The molecule has 0 aliphatic carbocycles. The molecule has 13 heavy (non-hydrogen) atoms. The minimum Gasteiger partial charge on any atom is -0.466 e. The van der Waals surface area contributed by atoms with E-state index in [0.717, 1.165) is 0 Å². The zero-order valence-corrected chi connectivity index (χ0v) is 7.44. The maximum absolute atomic E-state index is 10.8. The van der Waals surface area contributed by atoms with Gasteiger partial charge in [-0.2, -0.15) is 0 Å². The monoisotopic (exact) mass is 182 g/mol. The van der Waals surface area contributed by atoms with Crippen molar-refractivity contribution in [3.63, 3.8) is 0 Å². The highest BCUT2D eigenvalue weighted by molar-refractivity contribution is 5.87. The molecule has 1 atom stereocenters. The van der Waals surface area contributed by atoms with Crippen LogP contribution in [-0.4, -0.2) is 25.2 Å². The van der Waals surface area contributed by atoms with Gasteiger partial charge in [0.2, 0.25) is 0 Å². The lowest BCUT2D eigenvalue weighted by atomic mass is 10.1. The summed E-state index contributed by atoms with van der Waals surface area (Å²) in [4.78, 5) is 21.6. The molecule has 0 fully saturated rings. The molecule has 0 saturated carbocycles. The second-order valence-electron chi connectivity index (χ2n) is 2.58. The van der Waals surface area contributed by atoms with Crippen LogP contribution in [0.4, 0.5) is 0 Å². The normalized spacial score (nSPS) is 24.3. The summed E-state index contributed by atoms with van der Waals surface area (Å²) >= 11 is 0. The van der Waals surface area contributed by atoms with E-state index in [0.29, 0.717) is 5.57 Å². The molecule has 1 unspecified atom stereocenters. The van der Waals surface area contributed by atoms with Crippen LogP contribution < -0.4 is 0 Å². The van der Waals surface area contributed by atoms with Crippen molar-refractivity contribution >= 4 is 11.9 Å². The third-order valence-corrected chi connectivity index (χ3v) is 1.66. The molecule has 1 aliphatic rings. The zero-order valence-electron chi connectivity index (χ0n) is 7.44. The fourth-order valence-electron chi connectivity index (χ4n) is 0.942. The first kappa shape index (κ1) is 9.51. The number of rotatable bonds is 1. The van der Waals surface area contributed by atoms with Gasteiger partial charge in [0.15, 0.2) is 0 Å². The van der Waals surface area contributed by atoms with E-state index < -0.39 is 18.0 Å². The molecule has 1 heterocycles. The van der Waals surface area contributed by atoms with Crippen molar-refractivity contribution in [2.24, 2.45) is 0 Å². The van der Waals surface area contributed by atoms with Crippen LogP contribution in [0.25, 0.3) is 0 Å². The van der Waals surface area contributed by atoms with Crippen LogP contribution in [0.1, 0.15) is 6.92 Å². The lowest BCUT2D eigenvalue weighted by molar-refractivity contribution is -0.141. The highest BCUT2D eigenvalue weighted by atomic mass is 16.5. The van der Waals surface area contributed by atoms with Crippen molar-refractivity contribution in [2.45, 2.75) is 13.0 Å². The Bertz CT molecular complexity index is 288. The molecular weight excluding hydrogens is 172 g/mol. The molecule has 70 valence electrons. The Morgan fingerprint density at radius 1 is 1.62 bits per heavy atom. The minimum absolute atomic E-state index is 0.392. The summed E-state index contributed by atoms with van der Waals surface area (Å²) in [5, 5.41) is 0. The van der Waals surface area contributed by atoms with Gasteiger partial charge in [-0.1, -0.05) is 0 Å². The van der Waals surface area contributed by atoms with Crippen LogP contribution >= 0.6 is 0 Å². The van der Waals surface area contributed by atoms with Gasteiger partial charge in [-0.25, -0.2) is 9.59 Å². The summed E-state index contributed by atoms with van der Waals surface area (Å²) in [5.74, 6) is -0.848. The molecule has 0 aromatic rings. The second-order valence-corrected chi connectivity index (χ2v) is 2.58. The van der Waals surface area contributed by atoms with E-state index in [1.807, 2.05) is 0 Å². The van der Waals surface area contributed by atoms with Crippen molar-refractivity contribution in [3.8, 4) is 0 Å². The topological polar surface area (TPSA) is 52.6 Å². The molecule has 4 nitrogen and oxygen atoms in total. The van der Waals surface area contributed by atoms with Gasteiger partial charge in [0.25, 0.3) is 0 Å². The molecule has 0 aromatic heterocycles. The lowest BCUT2D eigenvalue weighted by Gasteiger charge is -2.16. The Morgan fingerprint density at radius 2 is 2.31 bits per heavy atom. The van der Waals surface area contributed by atoms with Gasteiger partial charge in [-0.05, 0) is 18.6 Å². The minimum atomic E-state index is -0.454. The van der Waals surface area contributed by atoms with E-state index in [2.05, 4.69) is 4.74 Å². The summed E-state index contributed by atoms with van der Waals surface area (Å²) in [5.41, 5.74) is 0.631. The van der Waals surface area contributed by atoms with Crippen molar-refractivity contribution in [2.75, 3.05) is 7.11 Å². The Balaban J connectivity index is 2.81. The zero-order chi connectivity index (χ0) is 9.84. The molecule has 1 rings (SSSR count). The number of hydrogen-bond donors (Lipinski definition) is 0. The Kier molecular flexibility index (Phi) is 2.84. The number of hydrogen-bond acceptors (Lipinski definition) is 4. The van der Waals surface area contributed by atoms with E-state index in [1.54, 1.807) is 13.0 Å². The Labute approximate surface area is 75.8 Å². The van der Waals surface area contributed by atoms with E-state index >= 15 is 0 Å². The highest BCUT2D eigenvalue weighted by Crippen LogP contribution is 2.13. The van der Waals surface area contributed by atoms with Crippen LogP contribution in [0.5, 0.6) is 0 Å². The van der Waals surface area contributed by atoms with Crippen LogP contribution in [0.3, 0.4) is 0 Å². The summed E-state index contributed by atoms with van der Waals surface area (Å²) < 4.78 is 9.28. The number of ether oxygens (including phenoxy) is 2. The van der Waals surface area contributed by atoms with Crippen LogP contribution in [-0.2, 0) is 19.1 Å². The average Bonchev–Trinajstić information content (AvgIpc) is 2.09. The van der Waals surface area contributed by atoms with E-state index in [1.165, 1.54) is 19.3 Å². The molecule has 0 amide bonds. The Hall–Kier alpha value is -1.58. The second kappa shape index (κ2) is 3.89. The molecule has 0 N–H and O–H groups in total. The van der Waals surface area contributed by atoms with Gasteiger partial charge >= 0.3 is 11.9 Å². The maximum atomic E-state index is 10.8. The highest BCUT2D eigenvalue weighted by Gasteiger charge is 2.16. The predicted molar refractivity (Wildman–Crippen MR) is 44.8 cm³/mol. The smallest absolute Gasteiger partial charge is 0.331 e. The number of cyclic esters (lactones) is 1. The average molecular weight is 182 g/mol. The van der Waals surface area contributed by atoms with Crippen LogP contribution in [0.15, 0.2) is 23.8 Å². The number of esters is 2. The molecular formula is C9H10O4. The van der Waals surface area contributed by atoms with Crippen LogP contribution in [0, 0.1) is 0 Å². The predicted octanol–water partition coefficient (Wildman–Crippen LogP) is 0.587. The Morgan fingerprint density at radius 3 is 2.85 bits per heavy atom. The van der Waals surface area contributed by atoms with Crippen molar-refractivity contribution < 1.29 is 19.1 Å². The number of methoxy groups -OCH3 is 1. The maximum Gasteiger partial charge on any atom is 0.331 e. The summed E-state index contributed by atoms with van der Waals surface area (Å²) in [6.45, 7) is 1.69. The van der Waals surface area contributed by atoms with Crippen LogP contribution in [0.2, 0.25) is 0 Å². The van der Waals surface area contributed by atoms with Gasteiger partial charge in [0.05, 0.1) is 7.11 Å². The van der Waals surface area contributed by atoms with E-state index in [-0.39, 0.29) is 0 Å². The molecule has 0 spiro atoms. The summed E-state index contributed by atoms with van der Waals surface area (Å²) in [7, 11) is 1.29. The number of carbonyl (C=O) groups excluding carboxylic acids is 2. The molecule has 0 aromatic carbocycles. The fraction of sp³-hybridized carbons (Fsp3) is 0.333. The van der Waals surface area contributed by atoms with Crippen molar-refractivity contribution in [1.29, 1.82) is 0 Å². The van der Waals surface area contributed by atoms with Gasteiger partial charge in [0, 0.05) is 12.2 Å². The molecule has 0 saturated heterocycles. The quantitative estimate of drug-likeness (QED) is 0.440. The fourth-order valence-corrected chi connectivity index (χ4v) is 0.942. The van der Waals surface area contributed by atoms with Crippen molar-refractivity contribution in [3.05, 3.63) is 23.8 Å². The first-order chi connectivity index (χ1) is 6.13. The standard InChI is InChI=1S/C9H10O4/c1-6-7(5-9(11)12-2)3-4-8(10)13-6/h3-6H,1-2H3/b7-5-. The number of carbonyl (C=O) groups is 2. The molecule has 0 bridgehead atoms. The molecule has 0 radical (unpaired) electrons. The third-order valence-electron chi connectivity index (χ3n) is 1.66. The first-order valence-corrected chi connectivity index (χ1v) is 3.81. The summed E-state index contributed by atoms with van der Waals surface area (Å²) in [6.07, 6.45) is 3.73. The SMILES string of the molecule is COC(=O)/C=C1/C=CC(=O)OC1C. The van der Waals surface area contributed by atoms with Gasteiger partial charge in [-0.15, -0.1) is 0 Å². The van der Waals surface area contributed by atoms with Gasteiger partial charge < -0.3 is 9.47 Å². The lowest BCUT2D eigenvalue weighted by Crippen LogP contribution is -2.19. The van der Waals surface area contributed by atoms with Crippen molar-refractivity contribution in [1.82, 2.24) is 0 Å². The third kappa shape index (κ3) is 2.43. The first-order valence-electron chi connectivity index (χ1n) is 3.81. The largest absolute Gasteiger partial charge is 0.466 e. The molecule has 4 heteroatoms. The van der Waals surface area contributed by atoms with E-state index in [9.17, 15) is 9.59 Å². The molecule has 1 aliphatic heterocycles. The van der Waals surface area contributed by atoms with E-state index in [4.69, 9.17) is 4.74 Å². The van der Waals surface area contributed by atoms with Gasteiger partial charge in [-0.3, -0.25) is 0 Å². The van der Waals surface area contributed by atoms with Gasteiger partial charge in [0.1, 0.15) is 6.10 Å².